The largest absolute Gasteiger partial charge is 0.339 e. The van der Waals surface area contributed by atoms with Crippen LogP contribution in [-0.4, -0.2) is 61.2 Å². The zero-order valence-corrected chi connectivity index (χ0v) is 14.6. The van der Waals surface area contributed by atoms with Crippen molar-refractivity contribution in [3.63, 3.8) is 0 Å². The summed E-state index contributed by atoms with van der Waals surface area (Å²) in [6.07, 6.45) is 1.22. The van der Waals surface area contributed by atoms with Crippen molar-refractivity contribution in [2.45, 2.75) is 55.3 Å². The van der Waals surface area contributed by atoms with E-state index in [-0.39, 0.29) is 18.8 Å². The monoisotopic (exact) mass is 337 g/mol. The normalized spacial score (nSPS) is 25.6. The van der Waals surface area contributed by atoms with Crippen molar-refractivity contribution in [2.75, 3.05) is 18.8 Å². The zero-order valence-electron chi connectivity index (χ0n) is 12.9. The summed E-state index contributed by atoms with van der Waals surface area (Å²) in [7, 11) is -6.78. The molecule has 0 N–H and O–H groups in total. The Balaban J connectivity index is 2.25. The van der Waals surface area contributed by atoms with Crippen LogP contribution in [0, 0.1) is 0 Å². The van der Waals surface area contributed by atoms with Gasteiger partial charge in [-0.1, -0.05) is 0 Å². The van der Waals surface area contributed by atoms with Gasteiger partial charge in [0.1, 0.15) is 4.75 Å². The van der Waals surface area contributed by atoms with Gasteiger partial charge in [-0.15, -0.1) is 0 Å². The summed E-state index contributed by atoms with van der Waals surface area (Å²) in [5, 5.41) is -0.419. The Bertz CT molecular complexity index is 657. The Morgan fingerprint density at radius 2 is 1.76 bits per heavy atom. The molecule has 0 unspecified atom stereocenters. The highest BCUT2D eigenvalue weighted by Crippen LogP contribution is 2.37. The molecule has 0 aromatic heterocycles. The predicted molar refractivity (Wildman–Crippen MR) is 80.5 cm³/mol. The van der Waals surface area contributed by atoms with Crippen molar-refractivity contribution >= 4 is 25.6 Å². The smallest absolute Gasteiger partial charge is 0.243 e. The minimum atomic E-state index is -3.52. The molecule has 1 aliphatic heterocycles. The van der Waals surface area contributed by atoms with Crippen molar-refractivity contribution in [2.24, 2.45) is 0 Å². The van der Waals surface area contributed by atoms with E-state index in [2.05, 4.69) is 0 Å². The van der Waals surface area contributed by atoms with Gasteiger partial charge in [0.05, 0.1) is 15.7 Å². The first-order chi connectivity index (χ1) is 9.33. The van der Waals surface area contributed by atoms with Crippen LogP contribution in [0.4, 0.5) is 0 Å². The van der Waals surface area contributed by atoms with E-state index in [1.54, 1.807) is 13.8 Å². The molecular formula is C13H23NO5S2. The average molecular weight is 337 g/mol. The molecular weight excluding hydrogens is 314 g/mol. The molecule has 122 valence electrons. The molecule has 1 heterocycles. The quantitative estimate of drug-likeness (QED) is 0.743. The number of rotatable bonds is 3. The molecule has 2 rings (SSSR count). The number of carbonyl (C=O) groups is 1. The van der Waals surface area contributed by atoms with Crippen LogP contribution in [0.3, 0.4) is 0 Å². The topological polar surface area (TPSA) is 88.6 Å². The zero-order chi connectivity index (χ0) is 16.3. The van der Waals surface area contributed by atoms with E-state index in [0.717, 1.165) is 0 Å². The second-order valence-corrected chi connectivity index (χ2v) is 12.6. The number of nitrogens with zero attached hydrogens (tertiary/aromatic N) is 1. The Labute approximate surface area is 126 Å². The lowest BCUT2D eigenvalue weighted by Gasteiger charge is -2.40. The van der Waals surface area contributed by atoms with Crippen LogP contribution in [0.15, 0.2) is 0 Å². The fraction of sp³-hybridized carbons (Fsp3) is 0.923. The molecule has 8 heteroatoms. The van der Waals surface area contributed by atoms with Crippen LogP contribution in [0.25, 0.3) is 0 Å². The van der Waals surface area contributed by atoms with Gasteiger partial charge in [-0.05, 0) is 40.5 Å². The van der Waals surface area contributed by atoms with Crippen molar-refractivity contribution < 1.29 is 21.6 Å². The Hall–Kier alpha value is -0.630. The van der Waals surface area contributed by atoms with Gasteiger partial charge in [0, 0.05) is 13.1 Å². The summed E-state index contributed by atoms with van der Waals surface area (Å²) >= 11 is 0. The van der Waals surface area contributed by atoms with Gasteiger partial charge in [0.2, 0.25) is 5.91 Å². The maximum atomic E-state index is 12.6. The molecule has 0 radical (unpaired) electrons. The molecule has 1 saturated heterocycles. The molecule has 1 aliphatic carbocycles. The molecule has 1 saturated carbocycles. The van der Waals surface area contributed by atoms with E-state index in [1.807, 2.05) is 0 Å². The summed E-state index contributed by atoms with van der Waals surface area (Å²) in [4.78, 5) is 14.0. The van der Waals surface area contributed by atoms with Gasteiger partial charge in [-0.2, -0.15) is 0 Å². The highest BCUT2D eigenvalue weighted by molar-refractivity contribution is 7.94. The van der Waals surface area contributed by atoms with Gasteiger partial charge >= 0.3 is 0 Å². The molecule has 2 aliphatic rings. The van der Waals surface area contributed by atoms with Crippen LogP contribution in [-0.2, 0) is 24.5 Å². The second kappa shape index (κ2) is 4.68. The lowest BCUT2D eigenvalue weighted by molar-refractivity contribution is -0.133. The first-order valence-corrected chi connectivity index (χ1v) is 10.3. The van der Waals surface area contributed by atoms with Gasteiger partial charge in [0.25, 0.3) is 0 Å². The fourth-order valence-corrected chi connectivity index (χ4v) is 5.94. The molecule has 0 spiro atoms. The SMILES string of the molecule is CC1(C)CN(C(=O)C(C)(C)S(=O)(=O)C2CC2)CCS1(=O)=O. The van der Waals surface area contributed by atoms with E-state index in [4.69, 9.17) is 0 Å². The highest BCUT2D eigenvalue weighted by atomic mass is 32.2. The minimum Gasteiger partial charge on any atom is -0.339 e. The maximum Gasteiger partial charge on any atom is 0.243 e. The first kappa shape index (κ1) is 16.7. The third kappa shape index (κ3) is 2.60. The lowest BCUT2D eigenvalue weighted by atomic mass is 10.1. The third-order valence-electron chi connectivity index (χ3n) is 4.52. The van der Waals surface area contributed by atoms with Crippen LogP contribution >= 0.6 is 0 Å². The van der Waals surface area contributed by atoms with Gasteiger partial charge < -0.3 is 4.90 Å². The summed E-state index contributed by atoms with van der Waals surface area (Å²) in [6.45, 7) is 6.11. The molecule has 0 atom stereocenters. The standard InChI is InChI=1S/C13H23NO5S2/c1-12(2)9-14(7-8-20(12,16)17)11(15)13(3,4)21(18,19)10-5-6-10/h10H,5-9H2,1-4H3. The third-order valence-corrected chi connectivity index (χ3v) is 10.00. The van der Waals surface area contributed by atoms with Crippen molar-refractivity contribution in [3.8, 4) is 0 Å². The maximum absolute atomic E-state index is 12.6. The number of hydrogen-bond acceptors (Lipinski definition) is 5. The Morgan fingerprint density at radius 3 is 2.19 bits per heavy atom. The molecule has 21 heavy (non-hydrogen) atoms. The first-order valence-electron chi connectivity index (χ1n) is 7.08. The lowest BCUT2D eigenvalue weighted by Crippen LogP contribution is -2.60. The van der Waals surface area contributed by atoms with Crippen molar-refractivity contribution in [3.05, 3.63) is 0 Å². The Morgan fingerprint density at radius 1 is 1.24 bits per heavy atom. The van der Waals surface area contributed by atoms with E-state index in [1.165, 1.54) is 18.7 Å². The minimum absolute atomic E-state index is 0.0395. The molecule has 0 bridgehead atoms. The number of carbonyl (C=O) groups excluding carboxylic acids is 1. The van der Waals surface area contributed by atoms with Crippen LogP contribution in [0.2, 0.25) is 0 Å². The summed E-state index contributed by atoms with van der Waals surface area (Å²) in [6, 6.07) is 0. The summed E-state index contributed by atoms with van der Waals surface area (Å²) in [5.41, 5.74) is 0. The molecule has 1 amide bonds. The van der Waals surface area contributed by atoms with E-state index < -0.39 is 40.3 Å². The van der Waals surface area contributed by atoms with Gasteiger partial charge in [-0.3, -0.25) is 4.79 Å². The van der Waals surface area contributed by atoms with E-state index in [9.17, 15) is 21.6 Å². The molecule has 6 nitrogen and oxygen atoms in total. The molecule has 0 aromatic carbocycles. The molecule has 2 fully saturated rings. The summed E-state index contributed by atoms with van der Waals surface area (Å²) < 4.78 is 46.3. The number of hydrogen-bond donors (Lipinski definition) is 0. The summed E-state index contributed by atoms with van der Waals surface area (Å²) in [5.74, 6) is -0.608. The van der Waals surface area contributed by atoms with E-state index >= 15 is 0 Å². The van der Waals surface area contributed by atoms with Crippen molar-refractivity contribution in [1.82, 2.24) is 4.90 Å². The fourth-order valence-electron chi connectivity index (χ4n) is 2.61. The van der Waals surface area contributed by atoms with Gasteiger partial charge in [0.15, 0.2) is 19.7 Å². The van der Waals surface area contributed by atoms with Crippen LogP contribution in [0.1, 0.15) is 40.5 Å². The number of amides is 1. The highest BCUT2D eigenvalue weighted by Gasteiger charge is 2.53. The second-order valence-electron chi connectivity index (χ2n) is 7.06. The van der Waals surface area contributed by atoms with Crippen LogP contribution < -0.4 is 0 Å². The van der Waals surface area contributed by atoms with Crippen LogP contribution in [0.5, 0.6) is 0 Å². The van der Waals surface area contributed by atoms with Crippen molar-refractivity contribution in [1.29, 1.82) is 0 Å². The number of sulfone groups is 2. The average Bonchev–Trinajstić information content (AvgIpc) is 3.15. The molecule has 0 aromatic rings. The predicted octanol–water partition coefficient (Wildman–Crippen LogP) is 0.378. The van der Waals surface area contributed by atoms with Gasteiger partial charge in [-0.25, -0.2) is 16.8 Å². The Kier molecular flexibility index (Phi) is 3.73. The van der Waals surface area contributed by atoms with E-state index in [0.29, 0.717) is 12.8 Å².